The summed E-state index contributed by atoms with van der Waals surface area (Å²) < 4.78 is 0. The highest BCUT2D eigenvalue weighted by molar-refractivity contribution is 5.53. The monoisotopic (exact) mass is 300 g/mol. The molecule has 1 aromatic carbocycles. The van der Waals surface area contributed by atoms with Gasteiger partial charge in [0, 0.05) is 5.56 Å². The lowest BCUT2D eigenvalue weighted by Crippen LogP contribution is -2.19. The lowest BCUT2D eigenvalue weighted by atomic mass is 9.70. The van der Waals surface area contributed by atoms with Crippen molar-refractivity contribution >= 4 is 0 Å². The van der Waals surface area contributed by atoms with Gasteiger partial charge in [0.25, 0.3) is 0 Å². The maximum atomic E-state index is 10.6. The minimum Gasteiger partial charge on any atom is -0.507 e. The molecule has 0 unspecified atom stereocenters. The number of rotatable bonds is 4. The first-order valence-corrected chi connectivity index (χ1v) is 8.79. The zero-order chi connectivity index (χ0) is 16.4. The molecule has 1 heteroatoms. The number of allylic oxidation sites excluding steroid dienone is 2. The molecule has 0 saturated carbocycles. The molecule has 3 atom stereocenters. The van der Waals surface area contributed by atoms with Crippen LogP contribution in [0.4, 0.5) is 0 Å². The normalized spacial score (nSPS) is 22.1. The highest BCUT2D eigenvalue weighted by atomic mass is 16.3. The van der Waals surface area contributed by atoms with Crippen molar-refractivity contribution in [2.24, 2.45) is 5.92 Å². The van der Waals surface area contributed by atoms with E-state index in [9.17, 15) is 5.11 Å². The quantitative estimate of drug-likeness (QED) is 0.640. The van der Waals surface area contributed by atoms with E-state index in [2.05, 4.69) is 46.8 Å². The molecule has 0 fully saturated rings. The summed E-state index contributed by atoms with van der Waals surface area (Å²) in [5, 5.41) is 10.6. The van der Waals surface area contributed by atoms with E-state index in [1.807, 2.05) is 6.92 Å². The molecule has 22 heavy (non-hydrogen) atoms. The second kappa shape index (κ2) is 6.89. The summed E-state index contributed by atoms with van der Waals surface area (Å²) in [4.78, 5) is 0. The highest BCUT2D eigenvalue weighted by Gasteiger charge is 2.31. The molecule has 1 N–H and O–H groups in total. The van der Waals surface area contributed by atoms with Gasteiger partial charge < -0.3 is 5.11 Å². The van der Waals surface area contributed by atoms with Crippen LogP contribution in [0.25, 0.3) is 0 Å². The first-order chi connectivity index (χ1) is 10.3. The van der Waals surface area contributed by atoms with Crippen molar-refractivity contribution in [3.63, 3.8) is 0 Å². The van der Waals surface area contributed by atoms with Gasteiger partial charge in [0.2, 0.25) is 0 Å². The average Bonchev–Trinajstić information content (AvgIpc) is 2.44. The van der Waals surface area contributed by atoms with Gasteiger partial charge in [-0.3, -0.25) is 0 Å². The molecule has 1 aliphatic rings. The number of fused-ring (bicyclic) bond motifs is 1. The summed E-state index contributed by atoms with van der Waals surface area (Å²) in [6, 6.07) is 2.35. The fraction of sp³-hybridized carbons (Fsp3) is 0.619. The van der Waals surface area contributed by atoms with E-state index in [1.165, 1.54) is 47.9 Å². The number of hydrogen-bond acceptors (Lipinski definition) is 1. The van der Waals surface area contributed by atoms with Crippen molar-refractivity contribution in [2.45, 2.75) is 79.1 Å². The van der Waals surface area contributed by atoms with E-state index in [0.29, 0.717) is 23.5 Å². The summed E-state index contributed by atoms with van der Waals surface area (Å²) in [5.74, 6) is 2.31. The lowest BCUT2D eigenvalue weighted by molar-refractivity contribution is 0.360. The number of phenols is 1. The van der Waals surface area contributed by atoms with Crippen molar-refractivity contribution in [1.29, 1.82) is 0 Å². The second-order valence-corrected chi connectivity index (χ2v) is 7.59. The number of aromatic hydroxyl groups is 1. The van der Waals surface area contributed by atoms with Gasteiger partial charge in [0.05, 0.1) is 0 Å². The van der Waals surface area contributed by atoms with Crippen LogP contribution in [0.15, 0.2) is 17.7 Å². The van der Waals surface area contributed by atoms with Crippen LogP contribution in [0.3, 0.4) is 0 Å². The summed E-state index contributed by atoms with van der Waals surface area (Å²) in [6.07, 6.45) is 7.20. The zero-order valence-corrected chi connectivity index (χ0v) is 15.2. The molecule has 122 valence electrons. The largest absolute Gasteiger partial charge is 0.507 e. The Hall–Kier alpha value is -1.24. The van der Waals surface area contributed by atoms with Gasteiger partial charge >= 0.3 is 0 Å². The Morgan fingerprint density at radius 2 is 2.00 bits per heavy atom. The molecular formula is C21H32O. The topological polar surface area (TPSA) is 20.2 Å². The molecule has 1 nitrogen and oxygen atoms in total. The van der Waals surface area contributed by atoms with Crippen LogP contribution in [-0.4, -0.2) is 5.11 Å². The number of hydrogen-bond donors (Lipinski definition) is 1. The van der Waals surface area contributed by atoms with Crippen LogP contribution < -0.4 is 0 Å². The van der Waals surface area contributed by atoms with Crippen molar-refractivity contribution in [3.8, 4) is 5.75 Å². The third-order valence-corrected chi connectivity index (χ3v) is 5.55. The third kappa shape index (κ3) is 3.39. The Balaban J connectivity index is 2.30. The fourth-order valence-corrected chi connectivity index (χ4v) is 3.93. The molecule has 2 rings (SSSR count). The maximum absolute atomic E-state index is 10.6. The summed E-state index contributed by atoms with van der Waals surface area (Å²) in [5.41, 5.74) is 6.35. The van der Waals surface area contributed by atoms with Gasteiger partial charge in [-0.2, -0.15) is 0 Å². The second-order valence-electron chi connectivity index (χ2n) is 7.59. The molecule has 0 aliphatic heterocycles. The zero-order valence-electron chi connectivity index (χ0n) is 15.2. The van der Waals surface area contributed by atoms with Crippen LogP contribution in [0.5, 0.6) is 5.75 Å². The van der Waals surface area contributed by atoms with Gasteiger partial charge in [0.15, 0.2) is 0 Å². The van der Waals surface area contributed by atoms with Crippen molar-refractivity contribution < 1.29 is 5.11 Å². The standard InChI is InChI=1S/C21H32O/c1-13(2)8-7-9-14(3)18-11-10-15(4)20-19(18)12-16(5)17(6)21(20)22/h8,12,14-15,18,22H,7,9-11H2,1-6H3/t14-,15+,18-/m0/s1. The van der Waals surface area contributed by atoms with Crippen LogP contribution in [0.1, 0.15) is 87.5 Å². The molecule has 0 heterocycles. The Bertz CT molecular complexity index is 564. The van der Waals surface area contributed by atoms with E-state index in [1.54, 1.807) is 0 Å². The van der Waals surface area contributed by atoms with E-state index >= 15 is 0 Å². The van der Waals surface area contributed by atoms with Crippen molar-refractivity contribution in [1.82, 2.24) is 0 Å². The first-order valence-electron chi connectivity index (χ1n) is 8.79. The molecule has 0 radical (unpaired) electrons. The predicted octanol–water partition coefficient (Wildman–Crippen LogP) is 6.37. The maximum Gasteiger partial charge on any atom is 0.122 e. The summed E-state index contributed by atoms with van der Waals surface area (Å²) in [6.45, 7) is 13.2. The smallest absolute Gasteiger partial charge is 0.122 e. The van der Waals surface area contributed by atoms with Crippen molar-refractivity contribution in [3.05, 3.63) is 40.0 Å². The van der Waals surface area contributed by atoms with Gasteiger partial charge in [0.1, 0.15) is 5.75 Å². The first kappa shape index (κ1) is 17.1. The van der Waals surface area contributed by atoms with E-state index in [4.69, 9.17) is 0 Å². The van der Waals surface area contributed by atoms with Gasteiger partial charge in [-0.15, -0.1) is 0 Å². The molecule has 0 spiro atoms. The van der Waals surface area contributed by atoms with Crippen LogP contribution in [0, 0.1) is 19.8 Å². The summed E-state index contributed by atoms with van der Waals surface area (Å²) >= 11 is 0. The van der Waals surface area contributed by atoms with Gasteiger partial charge in [-0.25, -0.2) is 0 Å². The van der Waals surface area contributed by atoms with E-state index in [-0.39, 0.29) is 0 Å². The predicted molar refractivity (Wildman–Crippen MR) is 95.8 cm³/mol. The molecular weight excluding hydrogens is 268 g/mol. The van der Waals surface area contributed by atoms with Gasteiger partial charge in [-0.05, 0) is 87.8 Å². The summed E-state index contributed by atoms with van der Waals surface area (Å²) in [7, 11) is 0. The van der Waals surface area contributed by atoms with Gasteiger partial charge in [-0.1, -0.05) is 31.6 Å². The SMILES string of the molecule is CC(C)=CCC[C@H](C)[C@@H]1CC[C@@H](C)c2c1cc(C)c(C)c2O. The van der Waals surface area contributed by atoms with Crippen LogP contribution in [0.2, 0.25) is 0 Å². The molecule has 0 amide bonds. The minimum absolute atomic E-state index is 0.482. The van der Waals surface area contributed by atoms with Crippen molar-refractivity contribution in [2.75, 3.05) is 0 Å². The third-order valence-electron chi connectivity index (χ3n) is 5.55. The number of benzene rings is 1. The Labute approximate surface area is 136 Å². The molecule has 0 saturated heterocycles. The van der Waals surface area contributed by atoms with Crippen LogP contribution in [-0.2, 0) is 0 Å². The molecule has 1 aromatic rings. The fourth-order valence-electron chi connectivity index (χ4n) is 3.93. The lowest BCUT2D eigenvalue weighted by Gasteiger charge is -2.35. The number of phenolic OH excluding ortho intramolecular Hbond substituents is 1. The van der Waals surface area contributed by atoms with Crippen LogP contribution >= 0.6 is 0 Å². The molecule has 1 aliphatic carbocycles. The Kier molecular flexibility index (Phi) is 5.36. The Morgan fingerprint density at radius 1 is 1.32 bits per heavy atom. The molecule has 0 aromatic heterocycles. The van der Waals surface area contributed by atoms with E-state index < -0.39 is 0 Å². The molecule has 0 bridgehead atoms. The minimum atomic E-state index is 0.482. The highest BCUT2D eigenvalue weighted by Crippen LogP contribution is 2.48. The van der Waals surface area contributed by atoms with E-state index in [0.717, 1.165) is 5.56 Å². The average molecular weight is 300 g/mol. The Morgan fingerprint density at radius 3 is 2.64 bits per heavy atom. The number of aryl methyl sites for hydroxylation is 1.